The van der Waals surface area contributed by atoms with Gasteiger partial charge in [0.2, 0.25) is 5.89 Å². The lowest BCUT2D eigenvalue weighted by Gasteiger charge is -2.09. The van der Waals surface area contributed by atoms with Gasteiger partial charge in [-0.3, -0.25) is 4.98 Å². The summed E-state index contributed by atoms with van der Waals surface area (Å²) >= 11 is 0. The highest BCUT2D eigenvalue weighted by Crippen LogP contribution is 2.25. The molecule has 2 rings (SSSR count). The van der Waals surface area contributed by atoms with E-state index < -0.39 is 0 Å². The van der Waals surface area contributed by atoms with E-state index in [0.29, 0.717) is 11.6 Å². The van der Waals surface area contributed by atoms with Gasteiger partial charge in [-0.25, -0.2) is 0 Å². The van der Waals surface area contributed by atoms with Crippen molar-refractivity contribution in [2.45, 2.75) is 13.8 Å². The average molecular weight is 247 g/mol. The van der Waals surface area contributed by atoms with Crippen LogP contribution in [0.4, 0.5) is 11.7 Å². The second-order valence-corrected chi connectivity index (χ2v) is 3.48. The Kier molecular flexibility index (Phi) is 3.52. The number of pyridine rings is 1. The first-order valence-corrected chi connectivity index (χ1v) is 5.29. The summed E-state index contributed by atoms with van der Waals surface area (Å²) in [6, 6.07) is 1.96. The second-order valence-electron chi connectivity index (χ2n) is 3.48. The molecule has 0 fully saturated rings. The maximum Gasteiger partial charge on any atom is 0.343 e. The van der Waals surface area contributed by atoms with E-state index >= 15 is 0 Å². The molecule has 18 heavy (non-hydrogen) atoms. The molecule has 2 heterocycles. The number of nitrogens with zero attached hydrogens (tertiary/aromatic N) is 4. The normalized spacial score (nSPS) is 10.8. The van der Waals surface area contributed by atoms with Crippen LogP contribution in [-0.2, 0) is 0 Å². The van der Waals surface area contributed by atoms with Crippen molar-refractivity contribution in [2.75, 3.05) is 12.4 Å². The fourth-order valence-corrected chi connectivity index (χ4v) is 1.38. The maximum atomic E-state index is 5.22. The van der Waals surface area contributed by atoms with Crippen LogP contribution in [0.5, 0.6) is 5.75 Å². The van der Waals surface area contributed by atoms with E-state index in [9.17, 15) is 0 Å². The van der Waals surface area contributed by atoms with E-state index in [0.717, 1.165) is 11.4 Å². The van der Waals surface area contributed by atoms with Crippen LogP contribution < -0.4 is 10.1 Å². The fourth-order valence-electron chi connectivity index (χ4n) is 1.38. The molecule has 0 aliphatic carbocycles. The van der Waals surface area contributed by atoms with Gasteiger partial charge in [0, 0.05) is 19.2 Å². The zero-order chi connectivity index (χ0) is 13.0. The number of nitrogens with one attached hydrogen (secondary N) is 1. The van der Waals surface area contributed by atoms with Crippen LogP contribution >= 0.6 is 0 Å². The SMILES string of the molecule is COc1ccnc(C)c1N/C=N\c1nnc(C)o1. The topological polar surface area (TPSA) is 85.4 Å². The lowest BCUT2D eigenvalue weighted by molar-refractivity contribution is 0.416. The van der Waals surface area contributed by atoms with Crippen molar-refractivity contribution in [3.8, 4) is 5.75 Å². The summed E-state index contributed by atoms with van der Waals surface area (Å²) in [5.74, 6) is 1.16. The van der Waals surface area contributed by atoms with E-state index in [1.54, 1.807) is 26.3 Å². The number of aromatic nitrogens is 3. The van der Waals surface area contributed by atoms with Crippen molar-refractivity contribution in [1.29, 1.82) is 0 Å². The predicted octanol–water partition coefficient (Wildman–Crippen LogP) is 1.86. The van der Waals surface area contributed by atoms with Crippen molar-refractivity contribution in [1.82, 2.24) is 15.2 Å². The summed E-state index contributed by atoms with van der Waals surface area (Å²) in [6.07, 6.45) is 3.14. The number of aliphatic imine (C=N–C) groups is 1. The van der Waals surface area contributed by atoms with Crippen LogP contribution in [0.25, 0.3) is 0 Å². The molecule has 0 spiro atoms. The molecule has 2 aromatic rings. The molecule has 0 saturated carbocycles. The molecule has 0 aliphatic rings. The third kappa shape index (κ3) is 2.62. The van der Waals surface area contributed by atoms with E-state index in [1.165, 1.54) is 6.34 Å². The minimum atomic E-state index is 0.195. The lowest BCUT2D eigenvalue weighted by Crippen LogP contribution is -2.01. The third-order valence-corrected chi connectivity index (χ3v) is 2.22. The smallest absolute Gasteiger partial charge is 0.343 e. The number of methoxy groups -OCH3 is 1. The Morgan fingerprint density at radius 3 is 2.89 bits per heavy atom. The fraction of sp³-hybridized carbons (Fsp3) is 0.273. The minimum absolute atomic E-state index is 0.195. The second kappa shape index (κ2) is 5.26. The van der Waals surface area contributed by atoms with Gasteiger partial charge in [-0.2, -0.15) is 4.99 Å². The van der Waals surface area contributed by atoms with Crippen molar-refractivity contribution < 1.29 is 9.15 Å². The van der Waals surface area contributed by atoms with E-state index in [1.807, 2.05) is 6.92 Å². The molecule has 2 aromatic heterocycles. The maximum absolute atomic E-state index is 5.22. The van der Waals surface area contributed by atoms with Gasteiger partial charge < -0.3 is 14.5 Å². The molecular formula is C11H13N5O2. The van der Waals surface area contributed by atoms with Crippen LogP contribution in [0.1, 0.15) is 11.6 Å². The lowest BCUT2D eigenvalue weighted by atomic mass is 10.3. The summed E-state index contributed by atoms with van der Waals surface area (Å²) in [5, 5.41) is 10.4. The first-order valence-electron chi connectivity index (χ1n) is 5.29. The number of rotatable bonds is 4. The van der Waals surface area contributed by atoms with Crippen molar-refractivity contribution in [3.05, 3.63) is 23.8 Å². The van der Waals surface area contributed by atoms with Gasteiger partial charge in [0.05, 0.1) is 19.1 Å². The van der Waals surface area contributed by atoms with Gasteiger partial charge in [-0.05, 0) is 6.92 Å². The van der Waals surface area contributed by atoms with Crippen molar-refractivity contribution in [2.24, 2.45) is 4.99 Å². The highest BCUT2D eigenvalue weighted by Gasteiger charge is 2.05. The zero-order valence-electron chi connectivity index (χ0n) is 10.3. The summed E-state index contributed by atoms with van der Waals surface area (Å²) in [6.45, 7) is 3.57. The Bertz CT molecular complexity index is 564. The quantitative estimate of drug-likeness (QED) is 0.655. The van der Waals surface area contributed by atoms with Crippen molar-refractivity contribution in [3.63, 3.8) is 0 Å². The molecule has 0 atom stereocenters. The summed E-state index contributed by atoms with van der Waals surface area (Å²) in [4.78, 5) is 8.14. The zero-order valence-corrected chi connectivity index (χ0v) is 10.3. The number of aryl methyl sites for hydroxylation is 2. The summed E-state index contributed by atoms with van der Waals surface area (Å²) in [5.41, 5.74) is 1.56. The first kappa shape index (κ1) is 12.0. The van der Waals surface area contributed by atoms with Crippen LogP contribution in [0.15, 0.2) is 21.7 Å². The molecule has 0 aromatic carbocycles. The molecule has 0 aliphatic heterocycles. The molecule has 0 amide bonds. The molecule has 0 unspecified atom stereocenters. The molecule has 0 bridgehead atoms. The van der Waals surface area contributed by atoms with Crippen LogP contribution in [0.2, 0.25) is 0 Å². The number of ether oxygens (including phenoxy) is 1. The Morgan fingerprint density at radius 2 is 2.22 bits per heavy atom. The predicted molar refractivity (Wildman–Crippen MR) is 66.3 cm³/mol. The average Bonchev–Trinajstić information content (AvgIpc) is 2.77. The molecule has 7 heteroatoms. The van der Waals surface area contributed by atoms with Gasteiger partial charge in [-0.1, -0.05) is 5.10 Å². The van der Waals surface area contributed by atoms with Crippen LogP contribution in [0.3, 0.4) is 0 Å². The van der Waals surface area contributed by atoms with Crippen LogP contribution in [0, 0.1) is 13.8 Å². The first-order chi connectivity index (χ1) is 8.70. The van der Waals surface area contributed by atoms with E-state index in [4.69, 9.17) is 9.15 Å². The molecule has 0 radical (unpaired) electrons. The molecule has 1 N–H and O–H groups in total. The van der Waals surface area contributed by atoms with Gasteiger partial charge >= 0.3 is 6.01 Å². The van der Waals surface area contributed by atoms with Gasteiger partial charge in [0.1, 0.15) is 11.4 Å². The Morgan fingerprint density at radius 1 is 1.39 bits per heavy atom. The van der Waals surface area contributed by atoms with E-state index in [-0.39, 0.29) is 6.01 Å². The summed E-state index contributed by atoms with van der Waals surface area (Å²) in [7, 11) is 1.60. The van der Waals surface area contributed by atoms with E-state index in [2.05, 4.69) is 25.5 Å². The molecule has 7 nitrogen and oxygen atoms in total. The summed E-state index contributed by atoms with van der Waals surface area (Å²) < 4.78 is 10.3. The third-order valence-electron chi connectivity index (χ3n) is 2.22. The Hall–Kier alpha value is -2.44. The van der Waals surface area contributed by atoms with Gasteiger partial charge in [-0.15, -0.1) is 5.10 Å². The molecule has 94 valence electrons. The standard InChI is InChI=1S/C11H13N5O2/c1-7-10(9(17-3)4-5-12-7)13-6-14-11-16-15-8(2)18-11/h4-6H,1-3H3,(H,13,14,16). The molecule has 0 saturated heterocycles. The monoisotopic (exact) mass is 247 g/mol. The van der Waals surface area contributed by atoms with Gasteiger partial charge in [0.25, 0.3) is 0 Å². The molecular weight excluding hydrogens is 234 g/mol. The Balaban J connectivity index is 2.12. The largest absolute Gasteiger partial charge is 0.494 e. The van der Waals surface area contributed by atoms with Crippen molar-refractivity contribution >= 4 is 18.0 Å². The Labute approximate surface area is 104 Å². The number of hydrogen-bond donors (Lipinski definition) is 1. The van der Waals surface area contributed by atoms with Gasteiger partial charge in [0.15, 0.2) is 0 Å². The highest BCUT2D eigenvalue weighted by molar-refractivity contribution is 5.81. The minimum Gasteiger partial charge on any atom is -0.494 e. The van der Waals surface area contributed by atoms with Crippen LogP contribution in [-0.4, -0.2) is 28.6 Å². The number of hydrogen-bond acceptors (Lipinski definition) is 6. The highest BCUT2D eigenvalue weighted by atomic mass is 16.5. The number of anilines is 1.